The van der Waals surface area contributed by atoms with Crippen LogP contribution >= 0.6 is 0 Å². The SMILES string of the molecule is O=C(CCCOCCOCCNc1nc(Nc2ccc(O)cc2)nc(Nc2ccc(C(=O)NCc3cc(F)cc(F)c3)cc2)n1)c1ccccc1. The molecule has 4 aromatic carbocycles. The van der Waals surface area contributed by atoms with Gasteiger partial charge in [0.1, 0.15) is 17.4 Å². The van der Waals surface area contributed by atoms with Crippen LogP contribution in [0.5, 0.6) is 5.75 Å². The predicted molar refractivity (Wildman–Crippen MR) is 189 cm³/mol. The second-order valence-corrected chi connectivity index (χ2v) is 11.2. The molecule has 0 aliphatic carbocycles. The Bertz CT molecular complexity index is 1860. The molecule has 0 spiro atoms. The summed E-state index contributed by atoms with van der Waals surface area (Å²) < 4.78 is 38.2. The minimum atomic E-state index is -0.718. The van der Waals surface area contributed by atoms with Crippen molar-refractivity contribution in [3.8, 4) is 5.75 Å². The zero-order valence-corrected chi connectivity index (χ0v) is 27.6. The smallest absolute Gasteiger partial charge is 0.251 e. The minimum Gasteiger partial charge on any atom is -0.508 e. The molecular weight excluding hydrogens is 660 g/mol. The van der Waals surface area contributed by atoms with E-state index in [1.165, 1.54) is 12.1 Å². The van der Waals surface area contributed by atoms with Crippen molar-refractivity contribution in [3.63, 3.8) is 0 Å². The van der Waals surface area contributed by atoms with E-state index in [-0.39, 0.29) is 35.9 Å². The van der Waals surface area contributed by atoms with Crippen LogP contribution in [0.2, 0.25) is 0 Å². The van der Waals surface area contributed by atoms with Crippen LogP contribution in [0.4, 0.5) is 38.0 Å². The number of ketones is 1. The highest BCUT2D eigenvalue weighted by Gasteiger charge is 2.11. The molecule has 0 bridgehead atoms. The molecule has 0 aliphatic heterocycles. The van der Waals surface area contributed by atoms with Crippen molar-refractivity contribution in [2.45, 2.75) is 19.4 Å². The number of rotatable bonds is 19. The lowest BCUT2D eigenvalue weighted by Gasteiger charge is -2.12. The van der Waals surface area contributed by atoms with Crippen LogP contribution < -0.4 is 21.3 Å². The van der Waals surface area contributed by atoms with Gasteiger partial charge >= 0.3 is 0 Å². The van der Waals surface area contributed by atoms with E-state index >= 15 is 0 Å². The molecule has 14 heteroatoms. The summed E-state index contributed by atoms with van der Waals surface area (Å²) in [5.41, 5.74) is 2.57. The molecule has 264 valence electrons. The number of aromatic nitrogens is 3. The maximum absolute atomic E-state index is 13.5. The van der Waals surface area contributed by atoms with E-state index in [1.807, 2.05) is 30.3 Å². The van der Waals surface area contributed by atoms with Crippen molar-refractivity contribution >= 4 is 40.9 Å². The average Bonchev–Trinajstić information content (AvgIpc) is 3.12. The number of carbonyl (C=O) groups excluding carboxylic acids is 2. The lowest BCUT2D eigenvalue weighted by molar-refractivity contribution is 0.0497. The Hall–Kier alpha value is -5.99. The molecule has 0 saturated carbocycles. The maximum atomic E-state index is 13.5. The summed E-state index contributed by atoms with van der Waals surface area (Å²) in [5, 5.41) is 21.6. The van der Waals surface area contributed by atoms with E-state index in [9.17, 15) is 23.5 Å². The number of aromatic hydroxyl groups is 1. The van der Waals surface area contributed by atoms with Crippen LogP contribution in [0.3, 0.4) is 0 Å². The van der Waals surface area contributed by atoms with Crippen LogP contribution in [0.25, 0.3) is 0 Å². The third-order valence-corrected chi connectivity index (χ3v) is 7.23. The molecule has 0 unspecified atom stereocenters. The van der Waals surface area contributed by atoms with Gasteiger partial charge in [-0.1, -0.05) is 30.3 Å². The van der Waals surface area contributed by atoms with Crippen molar-refractivity contribution < 1.29 is 33.0 Å². The van der Waals surface area contributed by atoms with Crippen molar-refractivity contribution in [2.75, 3.05) is 48.9 Å². The van der Waals surface area contributed by atoms with Crippen molar-refractivity contribution in [1.82, 2.24) is 20.3 Å². The number of Topliss-reactive ketones (excluding diaryl/α,β-unsaturated/α-hetero) is 1. The van der Waals surface area contributed by atoms with E-state index in [0.717, 1.165) is 18.2 Å². The number of hydrogen-bond donors (Lipinski definition) is 5. The molecule has 0 fully saturated rings. The van der Waals surface area contributed by atoms with Crippen molar-refractivity contribution in [2.24, 2.45) is 0 Å². The molecule has 51 heavy (non-hydrogen) atoms. The number of nitrogens with zero attached hydrogens (tertiary/aromatic N) is 3. The van der Waals surface area contributed by atoms with Crippen molar-refractivity contribution in [3.05, 3.63) is 125 Å². The van der Waals surface area contributed by atoms with Crippen LogP contribution in [0.1, 0.15) is 39.1 Å². The molecule has 1 aromatic heterocycles. The van der Waals surface area contributed by atoms with E-state index in [0.29, 0.717) is 73.9 Å². The molecule has 5 aromatic rings. The number of nitrogens with one attached hydrogen (secondary N) is 4. The Morgan fingerprint density at radius 2 is 1.25 bits per heavy atom. The van der Waals surface area contributed by atoms with Gasteiger partial charge in [0.05, 0.1) is 19.8 Å². The zero-order valence-electron chi connectivity index (χ0n) is 27.6. The fourth-order valence-electron chi connectivity index (χ4n) is 4.73. The van der Waals surface area contributed by atoms with Gasteiger partial charge in [-0.25, -0.2) is 8.78 Å². The van der Waals surface area contributed by atoms with Crippen LogP contribution in [-0.4, -0.2) is 64.7 Å². The van der Waals surface area contributed by atoms with E-state index in [4.69, 9.17) is 9.47 Å². The van der Waals surface area contributed by atoms with Crippen molar-refractivity contribution in [1.29, 1.82) is 0 Å². The predicted octanol–water partition coefficient (Wildman–Crippen LogP) is 6.38. The van der Waals surface area contributed by atoms with Gasteiger partial charge in [0.15, 0.2) is 5.78 Å². The number of amides is 1. The topological polar surface area (TPSA) is 160 Å². The molecule has 0 aliphatic rings. The number of halogens is 2. The standard InChI is InChI=1S/C37H37F2N7O5/c38-28-21-25(22-29(39)23-28)24-41-34(49)27-8-10-30(11-9-27)42-36-44-35(45-37(46-36)43-31-12-14-32(47)15-13-31)40-16-18-51-20-19-50-17-4-7-33(48)26-5-2-1-3-6-26/h1-3,5-6,8-15,21-23,47H,4,7,16-20,24H2,(H,41,49)(H3,40,42,43,44,45,46). The number of ether oxygens (including phenoxy) is 2. The molecule has 5 N–H and O–H groups in total. The van der Waals surface area contributed by atoms with Gasteiger partial charge in [-0.2, -0.15) is 15.0 Å². The van der Waals surface area contributed by atoms with Gasteiger partial charge in [-0.05, 0) is 72.6 Å². The molecule has 12 nitrogen and oxygen atoms in total. The van der Waals surface area contributed by atoms with Gasteiger partial charge in [-0.15, -0.1) is 0 Å². The summed E-state index contributed by atoms with van der Waals surface area (Å²) in [5.74, 6) is -0.941. The van der Waals surface area contributed by atoms with Gasteiger partial charge < -0.3 is 35.8 Å². The van der Waals surface area contributed by atoms with Gasteiger partial charge in [0, 0.05) is 54.7 Å². The Morgan fingerprint density at radius 1 is 0.667 bits per heavy atom. The quantitative estimate of drug-likeness (QED) is 0.0370. The first-order valence-corrected chi connectivity index (χ1v) is 16.2. The highest BCUT2D eigenvalue weighted by molar-refractivity contribution is 5.96. The molecule has 0 atom stereocenters. The number of anilines is 5. The summed E-state index contributed by atoms with van der Waals surface area (Å²) >= 11 is 0. The number of phenolic OH excluding ortho intramolecular Hbond substituents is 1. The minimum absolute atomic E-state index is 0.0392. The second kappa shape index (κ2) is 18.7. The lowest BCUT2D eigenvalue weighted by atomic mass is 10.1. The van der Waals surface area contributed by atoms with E-state index in [1.54, 1.807) is 36.4 Å². The maximum Gasteiger partial charge on any atom is 0.251 e. The van der Waals surface area contributed by atoms with Gasteiger partial charge in [-0.3, -0.25) is 9.59 Å². The van der Waals surface area contributed by atoms with Gasteiger partial charge in [0.2, 0.25) is 17.8 Å². The van der Waals surface area contributed by atoms with Crippen LogP contribution in [0, 0.1) is 11.6 Å². The fourth-order valence-corrected chi connectivity index (χ4v) is 4.73. The zero-order chi connectivity index (χ0) is 35.8. The monoisotopic (exact) mass is 697 g/mol. The van der Waals surface area contributed by atoms with Crippen LogP contribution in [0.15, 0.2) is 97.1 Å². The number of phenols is 1. The molecule has 1 amide bonds. The normalized spacial score (nSPS) is 10.8. The molecule has 0 saturated heterocycles. The van der Waals surface area contributed by atoms with E-state index < -0.39 is 17.5 Å². The van der Waals surface area contributed by atoms with Gasteiger partial charge in [0.25, 0.3) is 5.91 Å². The first-order valence-electron chi connectivity index (χ1n) is 16.2. The lowest BCUT2D eigenvalue weighted by Crippen LogP contribution is -2.22. The largest absolute Gasteiger partial charge is 0.508 e. The molecule has 0 radical (unpaired) electrons. The first kappa shape index (κ1) is 36.3. The number of hydrogen-bond acceptors (Lipinski definition) is 11. The summed E-state index contributed by atoms with van der Waals surface area (Å²) in [4.78, 5) is 38.1. The molecule has 5 rings (SSSR count). The summed E-state index contributed by atoms with van der Waals surface area (Å²) in [6, 6.07) is 25.2. The number of benzene rings is 4. The third-order valence-electron chi connectivity index (χ3n) is 7.23. The summed E-state index contributed by atoms with van der Waals surface area (Å²) in [6.07, 6.45) is 1.05. The Balaban J connectivity index is 1.10. The summed E-state index contributed by atoms with van der Waals surface area (Å²) in [7, 11) is 0. The Kier molecular flexibility index (Phi) is 13.3. The second-order valence-electron chi connectivity index (χ2n) is 11.2. The Morgan fingerprint density at radius 3 is 1.90 bits per heavy atom. The fraction of sp³-hybridized carbons (Fsp3) is 0.216. The van der Waals surface area contributed by atoms with Crippen LogP contribution in [-0.2, 0) is 16.0 Å². The number of carbonyl (C=O) groups is 2. The Labute approximate surface area is 293 Å². The summed E-state index contributed by atoms with van der Waals surface area (Å²) in [6.45, 7) is 1.94. The molecular formula is C37H37F2N7O5. The first-order chi connectivity index (χ1) is 24.8. The highest BCUT2D eigenvalue weighted by atomic mass is 19.1. The highest BCUT2D eigenvalue weighted by Crippen LogP contribution is 2.21. The average molecular weight is 698 g/mol. The van der Waals surface area contributed by atoms with E-state index in [2.05, 4.69) is 36.2 Å². The molecule has 1 heterocycles. The third kappa shape index (κ3) is 12.1.